The number of carbonyl (C=O) groups is 1. The van der Waals surface area contributed by atoms with Gasteiger partial charge in [0.2, 0.25) is 0 Å². The number of Topliss-reactive ketones (excluding diaryl/α,β-unsaturated/α-hetero) is 1. The molecule has 3 heterocycles. The Morgan fingerprint density at radius 2 is 2.00 bits per heavy atom. The number of hydrogen-bond donors (Lipinski definition) is 0. The SMILES string of the molecule is C[C@H]1CCC(c2ccc3ccncc3c2)CC/C=C2/CC3CCC(=O)C[C@]34CC[C@@]21O4. The molecule has 2 aromatic rings. The number of aromatic nitrogens is 1. The molecule has 1 aromatic carbocycles. The van der Waals surface area contributed by atoms with Gasteiger partial charge in [-0.1, -0.05) is 25.1 Å². The van der Waals surface area contributed by atoms with Crippen LogP contribution in [0.15, 0.2) is 48.3 Å². The Kier molecular flexibility index (Phi) is 4.61. The van der Waals surface area contributed by atoms with Crippen LogP contribution in [0.3, 0.4) is 0 Å². The Balaban J connectivity index is 1.30. The first kappa shape index (κ1) is 19.7. The molecule has 162 valence electrons. The zero-order valence-electron chi connectivity index (χ0n) is 18.6. The van der Waals surface area contributed by atoms with E-state index in [1.807, 2.05) is 12.4 Å². The van der Waals surface area contributed by atoms with Crippen LogP contribution in [0.25, 0.3) is 10.8 Å². The lowest BCUT2D eigenvalue weighted by Crippen LogP contribution is -2.53. The maximum atomic E-state index is 12.3. The molecule has 3 heteroatoms. The van der Waals surface area contributed by atoms with Crippen molar-refractivity contribution in [3.05, 3.63) is 53.9 Å². The number of benzene rings is 1. The number of fused-ring (bicyclic) bond motifs is 1. The van der Waals surface area contributed by atoms with Gasteiger partial charge < -0.3 is 4.74 Å². The smallest absolute Gasteiger partial charge is 0.135 e. The van der Waals surface area contributed by atoms with Crippen LogP contribution >= 0.6 is 0 Å². The van der Waals surface area contributed by atoms with E-state index in [0.717, 1.165) is 38.5 Å². The van der Waals surface area contributed by atoms with E-state index in [4.69, 9.17) is 4.74 Å². The van der Waals surface area contributed by atoms with E-state index in [-0.39, 0.29) is 11.2 Å². The molecule has 0 amide bonds. The number of nitrogens with zero attached hydrogens (tertiary/aromatic N) is 1. The third-order valence-corrected chi connectivity index (χ3v) is 9.11. The fraction of sp³-hybridized carbons (Fsp3) is 0.571. The van der Waals surface area contributed by atoms with E-state index >= 15 is 0 Å². The Morgan fingerprint density at radius 3 is 2.94 bits per heavy atom. The first-order chi connectivity index (χ1) is 15.1. The van der Waals surface area contributed by atoms with Gasteiger partial charge in [-0.15, -0.1) is 0 Å². The minimum atomic E-state index is -0.153. The fourth-order valence-electron chi connectivity index (χ4n) is 7.29. The van der Waals surface area contributed by atoms with Crippen molar-refractivity contribution in [1.82, 2.24) is 4.98 Å². The molecule has 1 saturated carbocycles. The third kappa shape index (κ3) is 3.11. The van der Waals surface area contributed by atoms with Crippen molar-refractivity contribution in [2.24, 2.45) is 11.8 Å². The highest BCUT2D eigenvalue weighted by atomic mass is 16.5. The van der Waals surface area contributed by atoms with Gasteiger partial charge in [0.25, 0.3) is 0 Å². The van der Waals surface area contributed by atoms with Crippen molar-refractivity contribution in [1.29, 1.82) is 0 Å². The lowest BCUT2D eigenvalue weighted by molar-refractivity contribution is -0.178. The number of allylic oxidation sites excluding steroid dienone is 1. The molecule has 2 aliphatic carbocycles. The number of rotatable bonds is 1. The molecule has 5 atom stereocenters. The van der Waals surface area contributed by atoms with Gasteiger partial charge in [0.1, 0.15) is 5.78 Å². The predicted molar refractivity (Wildman–Crippen MR) is 123 cm³/mol. The average molecular weight is 416 g/mol. The monoisotopic (exact) mass is 415 g/mol. The summed E-state index contributed by atoms with van der Waals surface area (Å²) >= 11 is 0. The number of ether oxygens (including phenoxy) is 1. The van der Waals surface area contributed by atoms with E-state index in [9.17, 15) is 4.79 Å². The Morgan fingerprint density at radius 1 is 1.06 bits per heavy atom. The molecule has 2 aliphatic heterocycles. The zero-order chi connectivity index (χ0) is 21.1. The van der Waals surface area contributed by atoms with E-state index in [1.54, 1.807) is 5.57 Å². The standard InChI is InChI=1S/C28H33NO2/c1-19-5-6-20(22-8-7-21-11-14-29-18-23(21)15-22)3-2-4-25-16-24-9-10-26(30)17-27(24)12-13-28(19,25)31-27/h4,7-8,11,14-15,18-20,24H,2-3,5-6,9-10,12-13,16-17H2,1H3/b25-4-/t19-,20?,24?,27+,28-/m0/s1. The van der Waals surface area contributed by atoms with Crippen LogP contribution in [0.4, 0.5) is 0 Å². The van der Waals surface area contributed by atoms with Gasteiger partial charge in [0.05, 0.1) is 11.2 Å². The molecular weight excluding hydrogens is 382 g/mol. The van der Waals surface area contributed by atoms with Gasteiger partial charge >= 0.3 is 0 Å². The van der Waals surface area contributed by atoms with Crippen LogP contribution in [0.5, 0.6) is 0 Å². The van der Waals surface area contributed by atoms with E-state index in [2.05, 4.69) is 42.2 Å². The Labute approximate surface area is 185 Å². The number of hydrogen-bond acceptors (Lipinski definition) is 3. The van der Waals surface area contributed by atoms with Crippen molar-refractivity contribution in [3.63, 3.8) is 0 Å². The quantitative estimate of drug-likeness (QED) is 0.498. The third-order valence-electron chi connectivity index (χ3n) is 9.11. The van der Waals surface area contributed by atoms with Gasteiger partial charge in [0, 0.05) is 30.6 Å². The van der Waals surface area contributed by atoms with Crippen molar-refractivity contribution in [2.45, 2.75) is 88.3 Å². The minimum absolute atomic E-state index is 0.115. The van der Waals surface area contributed by atoms with E-state index in [0.29, 0.717) is 30.0 Å². The summed E-state index contributed by atoms with van der Waals surface area (Å²) in [7, 11) is 0. The molecule has 2 saturated heterocycles. The summed E-state index contributed by atoms with van der Waals surface area (Å²) in [6, 6.07) is 9.03. The molecule has 3 fully saturated rings. The number of pyridine rings is 1. The topological polar surface area (TPSA) is 39.2 Å². The summed E-state index contributed by atoms with van der Waals surface area (Å²) in [5.41, 5.74) is 2.75. The highest BCUT2D eigenvalue weighted by Crippen LogP contribution is 2.61. The van der Waals surface area contributed by atoms with Crippen LogP contribution < -0.4 is 0 Å². The number of ketones is 1. The predicted octanol–water partition coefficient (Wildman–Crippen LogP) is 6.52. The van der Waals surface area contributed by atoms with Crippen LogP contribution in [-0.4, -0.2) is 22.0 Å². The van der Waals surface area contributed by atoms with Gasteiger partial charge in [-0.25, -0.2) is 0 Å². The van der Waals surface area contributed by atoms with Gasteiger partial charge in [-0.3, -0.25) is 9.78 Å². The van der Waals surface area contributed by atoms with Crippen molar-refractivity contribution in [3.8, 4) is 0 Å². The lowest BCUT2D eigenvalue weighted by Gasteiger charge is -2.51. The van der Waals surface area contributed by atoms with Crippen LogP contribution in [0.1, 0.15) is 82.6 Å². The van der Waals surface area contributed by atoms with Crippen molar-refractivity contribution in [2.75, 3.05) is 0 Å². The Hall–Kier alpha value is -2.00. The minimum Gasteiger partial charge on any atom is -0.363 e. The summed E-state index contributed by atoms with van der Waals surface area (Å²) < 4.78 is 7.06. The first-order valence-electron chi connectivity index (χ1n) is 12.3. The van der Waals surface area contributed by atoms with Crippen LogP contribution in [0.2, 0.25) is 0 Å². The Bertz CT molecular complexity index is 1060. The molecule has 2 spiro atoms. The first-order valence-corrected chi connectivity index (χ1v) is 12.3. The maximum Gasteiger partial charge on any atom is 0.135 e. The normalized spacial score (nSPS) is 39.6. The van der Waals surface area contributed by atoms with Crippen LogP contribution in [-0.2, 0) is 9.53 Å². The molecule has 2 unspecified atom stereocenters. The second-order valence-electron chi connectivity index (χ2n) is 10.7. The lowest BCUT2D eigenvalue weighted by atomic mass is 9.68. The number of carbonyl (C=O) groups excluding carboxylic acids is 1. The van der Waals surface area contributed by atoms with Crippen molar-refractivity contribution < 1.29 is 9.53 Å². The molecule has 2 bridgehead atoms. The summed E-state index contributed by atoms with van der Waals surface area (Å²) in [6.45, 7) is 2.41. The summed E-state index contributed by atoms with van der Waals surface area (Å²) in [6.07, 6.45) is 16.9. The second kappa shape index (κ2) is 7.27. The van der Waals surface area contributed by atoms with Gasteiger partial charge in [-0.2, -0.15) is 0 Å². The summed E-state index contributed by atoms with van der Waals surface area (Å²) in [5.74, 6) is 2.05. The molecule has 6 rings (SSSR count). The van der Waals surface area contributed by atoms with Gasteiger partial charge in [-0.05, 0) is 97.8 Å². The summed E-state index contributed by atoms with van der Waals surface area (Å²) in [5, 5.41) is 2.51. The molecular formula is C28H33NO2. The molecule has 0 N–H and O–H groups in total. The fourth-order valence-corrected chi connectivity index (χ4v) is 7.29. The van der Waals surface area contributed by atoms with Crippen LogP contribution in [0, 0.1) is 11.8 Å². The molecule has 3 nitrogen and oxygen atoms in total. The second-order valence-corrected chi connectivity index (χ2v) is 10.7. The highest BCUT2D eigenvalue weighted by Gasteiger charge is 2.61. The van der Waals surface area contributed by atoms with Gasteiger partial charge in [0.15, 0.2) is 0 Å². The maximum absolute atomic E-state index is 12.3. The molecule has 0 radical (unpaired) electrons. The molecule has 31 heavy (non-hydrogen) atoms. The molecule has 4 aliphatic rings. The zero-order valence-corrected chi connectivity index (χ0v) is 18.6. The molecule has 1 aromatic heterocycles. The van der Waals surface area contributed by atoms with Crippen molar-refractivity contribution >= 4 is 16.6 Å². The average Bonchev–Trinajstić information content (AvgIpc) is 3.13. The van der Waals surface area contributed by atoms with E-state index in [1.165, 1.54) is 35.6 Å². The summed E-state index contributed by atoms with van der Waals surface area (Å²) in [4.78, 5) is 16.6. The highest BCUT2D eigenvalue weighted by molar-refractivity contribution is 5.82. The largest absolute Gasteiger partial charge is 0.363 e. The van der Waals surface area contributed by atoms with E-state index < -0.39 is 0 Å².